The fraction of sp³-hybridized carbons (Fsp3) is 0.111. The van der Waals surface area contributed by atoms with Crippen molar-refractivity contribution in [1.82, 2.24) is 0 Å². The number of rotatable bonds is 2. The van der Waals surface area contributed by atoms with Crippen molar-refractivity contribution in [3.05, 3.63) is 46.5 Å². The highest BCUT2D eigenvalue weighted by Crippen LogP contribution is 2.23. The molecule has 0 aliphatic rings. The second kappa shape index (κ2) is 3.13. The number of thiophene rings is 1. The van der Waals surface area contributed by atoms with Crippen molar-refractivity contribution in [2.75, 3.05) is 0 Å². The largest absolute Gasteiger partial charge is 0.466 e. The lowest BCUT2D eigenvalue weighted by molar-refractivity contribution is 0.190. The lowest BCUT2D eigenvalue weighted by atomic mass is 10.1. The molecule has 0 aliphatic carbocycles. The van der Waals surface area contributed by atoms with Gasteiger partial charge >= 0.3 is 0 Å². The van der Waals surface area contributed by atoms with Gasteiger partial charge in [0.1, 0.15) is 11.9 Å². The Kier molecular flexibility index (Phi) is 1.98. The highest BCUT2D eigenvalue weighted by Gasteiger charge is 2.12. The third-order valence-electron chi connectivity index (χ3n) is 1.67. The lowest BCUT2D eigenvalue weighted by Crippen LogP contribution is -1.94. The van der Waals surface area contributed by atoms with Gasteiger partial charge in [0.15, 0.2) is 0 Å². The Morgan fingerprint density at radius 2 is 2.33 bits per heavy atom. The Bertz CT molecular complexity index is 289. The molecule has 2 aromatic heterocycles. The second-order valence-electron chi connectivity index (χ2n) is 2.47. The molecule has 1 atom stereocenters. The van der Waals surface area contributed by atoms with Crippen LogP contribution in [0.2, 0.25) is 0 Å². The summed E-state index contributed by atoms with van der Waals surface area (Å²) in [5.74, 6) is 0.591. The Hall–Kier alpha value is -1.06. The van der Waals surface area contributed by atoms with Crippen molar-refractivity contribution < 1.29 is 9.52 Å². The molecule has 0 unspecified atom stereocenters. The average molecular weight is 180 g/mol. The fourth-order valence-corrected chi connectivity index (χ4v) is 1.72. The van der Waals surface area contributed by atoms with Crippen LogP contribution in [-0.2, 0) is 0 Å². The van der Waals surface area contributed by atoms with Gasteiger partial charge in [0.2, 0.25) is 0 Å². The molecule has 1 N–H and O–H groups in total. The summed E-state index contributed by atoms with van der Waals surface area (Å²) < 4.78 is 5.07. The lowest BCUT2D eigenvalue weighted by Gasteiger charge is -2.03. The van der Waals surface area contributed by atoms with E-state index in [-0.39, 0.29) is 0 Å². The van der Waals surface area contributed by atoms with E-state index >= 15 is 0 Å². The number of hydrogen-bond donors (Lipinski definition) is 1. The van der Waals surface area contributed by atoms with Gasteiger partial charge < -0.3 is 9.52 Å². The topological polar surface area (TPSA) is 33.4 Å². The predicted octanol–water partition coefficient (Wildman–Crippen LogP) is 2.42. The molecule has 2 heterocycles. The molecule has 2 aromatic rings. The van der Waals surface area contributed by atoms with Crippen LogP contribution < -0.4 is 0 Å². The van der Waals surface area contributed by atoms with E-state index in [1.165, 1.54) is 0 Å². The zero-order valence-corrected chi connectivity index (χ0v) is 7.12. The molecule has 2 nitrogen and oxygen atoms in total. The first-order valence-corrected chi connectivity index (χ1v) is 4.56. The van der Waals surface area contributed by atoms with Crippen LogP contribution in [0.3, 0.4) is 0 Å². The van der Waals surface area contributed by atoms with Gasteiger partial charge in [-0.15, -0.1) is 0 Å². The van der Waals surface area contributed by atoms with E-state index in [1.54, 1.807) is 29.7 Å². The minimum Gasteiger partial charge on any atom is -0.466 e. The van der Waals surface area contributed by atoms with E-state index < -0.39 is 6.10 Å². The minimum absolute atomic E-state index is 0.591. The van der Waals surface area contributed by atoms with Crippen molar-refractivity contribution >= 4 is 11.3 Å². The van der Waals surface area contributed by atoms with E-state index in [4.69, 9.17) is 4.42 Å². The van der Waals surface area contributed by atoms with Gasteiger partial charge in [-0.05, 0) is 34.5 Å². The average Bonchev–Trinajstić information content (AvgIpc) is 2.77. The predicted molar refractivity (Wildman–Crippen MR) is 47.1 cm³/mol. The van der Waals surface area contributed by atoms with Crippen molar-refractivity contribution in [2.45, 2.75) is 6.10 Å². The molecule has 62 valence electrons. The molecule has 2 rings (SSSR count). The molecule has 0 bridgehead atoms. The molecule has 0 saturated carbocycles. The zero-order chi connectivity index (χ0) is 8.39. The monoisotopic (exact) mass is 180 g/mol. The SMILES string of the molecule is O[C@@H](c1ccsc1)c1ccco1. The Labute approximate surface area is 74.1 Å². The van der Waals surface area contributed by atoms with Crippen LogP contribution in [0.25, 0.3) is 0 Å². The van der Waals surface area contributed by atoms with Gasteiger partial charge in [-0.1, -0.05) is 0 Å². The smallest absolute Gasteiger partial charge is 0.137 e. The van der Waals surface area contributed by atoms with Crippen molar-refractivity contribution in [2.24, 2.45) is 0 Å². The van der Waals surface area contributed by atoms with Crippen LogP contribution in [0.4, 0.5) is 0 Å². The normalized spacial score (nSPS) is 13.1. The Morgan fingerprint density at radius 3 is 2.92 bits per heavy atom. The summed E-state index contributed by atoms with van der Waals surface area (Å²) in [6, 6.07) is 5.42. The van der Waals surface area contributed by atoms with E-state index in [0.717, 1.165) is 5.56 Å². The van der Waals surface area contributed by atoms with E-state index in [9.17, 15) is 5.11 Å². The maximum Gasteiger partial charge on any atom is 0.137 e. The summed E-state index contributed by atoms with van der Waals surface area (Å²) >= 11 is 1.56. The summed E-state index contributed by atoms with van der Waals surface area (Å²) in [7, 11) is 0. The first-order chi connectivity index (χ1) is 5.88. The molecule has 0 fully saturated rings. The Morgan fingerprint density at radius 1 is 1.42 bits per heavy atom. The molecule has 12 heavy (non-hydrogen) atoms. The summed E-state index contributed by atoms with van der Waals surface area (Å²) in [6.07, 6.45) is 0.941. The van der Waals surface area contributed by atoms with Crippen LogP contribution >= 0.6 is 11.3 Å². The molecular weight excluding hydrogens is 172 g/mol. The number of aliphatic hydroxyl groups is 1. The number of hydrogen-bond acceptors (Lipinski definition) is 3. The third kappa shape index (κ3) is 1.29. The highest BCUT2D eigenvalue weighted by atomic mass is 32.1. The quantitative estimate of drug-likeness (QED) is 0.770. The maximum atomic E-state index is 9.68. The first kappa shape index (κ1) is 7.58. The minimum atomic E-state index is -0.619. The molecule has 3 heteroatoms. The van der Waals surface area contributed by atoms with Crippen molar-refractivity contribution in [3.8, 4) is 0 Å². The van der Waals surface area contributed by atoms with Gasteiger partial charge in [0.05, 0.1) is 6.26 Å². The molecule has 0 amide bonds. The van der Waals surface area contributed by atoms with Crippen LogP contribution in [0.1, 0.15) is 17.4 Å². The van der Waals surface area contributed by atoms with Gasteiger partial charge in [-0.2, -0.15) is 11.3 Å². The van der Waals surface area contributed by atoms with Crippen molar-refractivity contribution in [3.63, 3.8) is 0 Å². The molecule has 0 saturated heterocycles. The highest BCUT2D eigenvalue weighted by molar-refractivity contribution is 7.07. The van der Waals surface area contributed by atoms with Crippen LogP contribution in [0.5, 0.6) is 0 Å². The van der Waals surface area contributed by atoms with Crippen LogP contribution in [0.15, 0.2) is 39.6 Å². The van der Waals surface area contributed by atoms with Gasteiger partial charge in [-0.25, -0.2) is 0 Å². The summed E-state index contributed by atoms with van der Waals surface area (Å²) in [5, 5.41) is 13.5. The van der Waals surface area contributed by atoms with E-state index in [1.807, 2.05) is 16.8 Å². The van der Waals surface area contributed by atoms with Gasteiger partial charge in [0, 0.05) is 0 Å². The van der Waals surface area contributed by atoms with Crippen molar-refractivity contribution in [1.29, 1.82) is 0 Å². The standard InChI is InChI=1S/C9H8O2S/c10-9(7-3-5-12-6-7)8-2-1-4-11-8/h1-6,9-10H/t9-/m0/s1. The number of furan rings is 1. The van der Waals surface area contributed by atoms with Crippen LogP contribution in [0, 0.1) is 0 Å². The summed E-state index contributed by atoms with van der Waals surface area (Å²) in [5.41, 5.74) is 0.884. The van der Waals surface area contributed by atoms with E-state index in [0.29, 0.717) is 5.76 Å². The molecule has 0 aromatic carbocycles. The second-order valence-corrected chi connectivity index (χ2v) is 3.25. The van der Waals surface area contributed by atoms with Gasteiger partial charge in [-0.3, -0.25) is 0 Å². The van der Waals surface area contributed by atoms with E-state index in [2.05, 4.69) is 0 Å². The molecular formula is C9H8O2S. The molecule has 0 aliphatic heterocycles. The third-order valence-corrected chi connectivity index (χ3v) is 2.37. The maximum absolute atomic E-state index is 9.68. The zero-order valence-electron chi connectivity index (χ0n) is 6.31. The molecule has 0 radical (unpaired) electrons. The molecule has 0 spiro atoms. The first-order valence-electron chi connectivity index (χ1n) is 3.61. The van der Waals surface area contributed by atoms with Crippen LogP contribution in [-0.4, -0.2) is 5.11 Å². The summed E-state index contributed by atoms with van der Waals surface area (Å²) in [6.45, 7) is 0. The summed E-state index contributed by atoms with van der Waals surface area (Å²) in [4.78, 5) is 0. The number of aliphatic hydroxyl groups excluding tert-OH is 1. The van der Waals surface area contributed by atoms with Gasteiger partial charge in [0.25, 0.3) is 0 Å². The Balaban J connectivity index is 2.27. The fourth-order valence-electron chi connectivity index (χ4n) is 1.04.